The molecule has 0 spiro atoms. The molecule has 41 heavy (non-hydrogen) atoms. The number of alkyl carbamates (subject to hydrolysis) is 1. The molecular formula is C30H30N8O3. The first kappa shape index (κ1) is 27.3. The number of primary amides is 1. The Bertz CT molecular complexity index is 1560. The largest absolute Gasteiger partial charge is 0.445 e. The highest BCUT2D eigenvalue weighted by Gasteiger charge is 2.52. The lowest BCUT2D eigenvalue weighted by Gasteiger charge is -2.29. The van der Waals surface area contributed by atoms with E-state index in [2.05, 4.69) is 42.5 Å². The zero-order valence-electron chi connectivity index (χ0n) is 22.5. The van der Waals surface area contributed by atoms with Gasteiger partial charge in [0.2, 0.25) is 5.95 Å². The monoisotopic (exact) mass is 550 g/mol. The minimum absolute atomic E-state index is 0.118. The molecule has 0 unspecified atom stereocenters. The SMILES string of the molecule is C=C(C)[C@@H](Nc1ncc(C(N)=O)c(Nc2cccc(-c3ncccn3)c2)n1)C1(NC(=O)OCc2ccccc2)CC1. The third-order valence-corrected chi connectivity index (χ3v) is 6.67. The van der Waals surface area contributed by atoms with Gasteiger partial charge in [-0.2, -0.15) is 4.98 Å². The summed E-state index contributed by atoms with van der Waals surface area (Å²) in [5.41, 5.74) is 8.24. The van der Waals surface area contributed by atoms with E-state index in [1.54, 1.807) is 18.5 Å². The molecule has 5 N–H and O–H groups in total. The van der Waals surface area contributed by atoms with Crippen LogP contribution in [0.1, 0.15) is 35.7 Å². The van der Waals surface area contributed by atoms with Crippen molar-refractivity contribution >= 4 is 29.5 Å². The molecule has 1 atom stereocenters. The minimum atomic E-state index is -0.681. The smallest absolute Gasteiger partial charge is 0.407 e. The summed E-state index contributed by atoms with van der Waals surface area (Å²) in [5, 5.41) is 9.46. The van der Waals surface area contributed by atoms with Crippen molar-refractivity contribution in [3.63, 3.8) is 0 Å². The first-order chi connectivity index (χ1) is 19.8. The first-order valence-corrected chi connectivity index (χ1v) is 13.0. The Morgan fingerprint density at radius 3 is 2.49 bits per heavy atom. The summed E-state index contributed by atoms with van der Waals surface area (Å²) in [4.78, 5) is 42.3. The van der Waals surface area contributed by atoms with E-state index in [0.717, 1.165) is 29.5 Å². The average Bonchev–Trinajstić information content (AvgIpc) is 3.75. The van der Waals surface area contributed by atoms with Crippen LogP contribution in [0.3, 0.4) is 0 Å². The van der Waals surface area contributed by atoms with Gasteiger partial charge in [0.1, 0.15) is 18.0 Å². The fourth-order valence-electron chi connectivity index (χ4n) is 4.49. The number of amides is 2. The van der Waals surface area contributed by atoms with Crippen molar-refractivity contribution in [3.8, 4) is 11.4 Å². The number of hydrogen-bond donors (Lipinski definition) is 4. The van der Waals surface area contributed by atoms with Crippen LogP contribution in [0.25, 0.3) is 11.4 Å². The topological polar surface area (TPSA) is 157 Å². The molecule has 0 saturated heterocycles. The number of carbonyl (C=O) groups is 2. The van der Waals surface area contributed by atoms with Crippen molar-refractivity contribution in [1.82, 2.24) is 25.3 Å². The Morgan fingerprint density at radius 1 is 1.05 bits per heavy atom. The molecule has 2 aromatic heterocycles. The molecule has 5 rings (SSSR count). The lowest BCUT2D eigenvalue weighted by molar-refractivity contribution is 0.1000. The predicted octanol–water partition coefficient (Wildman–Crippen LogP) is 4.59. The number of ether oxygens (including phenoxy) is 1. The normalized spacial score (nSPS) is 13.9. The van der Waals surface area contributed by atoms with Crippen LogP contribution in [0.4, 0.5) is 22.2 Å². The van der Waals surface area contributed by atoms with Crippen LogP contribution in [0.15, 0.2) is 91.4 Å². The van der Waals surface area contributed by atoms with Gasteiger partial charge in [0.25, 0.3) is 5.91 Å². The fraction of sp³-hybridized carbons (Fsp3) is 0.200. The molecule has 0 radical (unpaired) electrons. The second kappa shape index (κ2) is 11.8. The molecule has 0 bridgehead atoms. The zero-order valence-corrected chi connectivity index (χ0v) is 22.5. The number of benzene rings is 2. The number of nitrogens with one attached hydrogen (secondary N) is 3. The van der Waals surface area contributed by atoms with E-state index in [1.807, 2.05) is 61.5 Å². The molecule has 2 aromatic carbocycles. The number of carbonyl (C=O) groups excluding carboxylic acids is 2. The van der Waals surface area contributed by atoms with Crippen molar-refractivity contribution in [1.29, 1.82) is 0 Å². The lowest BCUT2D eigenvalue weighted by Crippen LogP contribution is -2.50. The summed E-state index contributed by atoms with van der Waals surface area (Å²) in [7, 11) is 0. The first-order valence-electron chi connectivity index (χ1n) is 13.0. The minimum Gasteiger partial charge on any atom is -0.445 e. The number of anilines is 3. The molecule has 1 aliphatic rings. The van der Waals surface area contributed by atoms with Gasteiger partial charge in [0.05, 0.1) is 11.6 Å². The Balaban J connectivity index is 1.33. The third-order valence-electron chi connectivity index (χ3n) is 6.67. The summed E-state index contributed by atoms with van der Waals surface area (Å²) < 4.78 is 5.44. The van der Waals surface area contributed by atoms with Gasteiger partial charge >= 0.3 is 6.09 Å². The van der Waals surface area contributed by atoms with Crippen LogP contribution in [-0.4, -0.2) is 43.5 Å². The van der Waals surface area contributed by atoms with E-state index in [-0.39, 0.29) is 23.9 Å². The molecule has 2 amide bonds. The second-order valence-corrected chi connectivity index (χ2v) is 9.86. The van der Waals surface area contributed by atoms with Crippen molar-refractivity contribution in [2.45, 2.75) is 38.0 Å². The van der Waals surface area contributed by atoms with E-state index in [9.17, 15) is 9.59 Å². The van der Waals surface area contributed by atoms with Crippen molar-refractivity contribution in [2.24, 2.45) is 5.73 Å². The summed E-state index contributed by atoms with van der Waals surface area (Å²) in [6, 6.07) is 18.2. The third kappa shape index (κ3) is 6.64. The van der Waals surface area contributed by atoms with E-state index in [0.29, 0.717) is 11.5 Å². The van der Waals surface area contributed by atoms with Crippen molar-refractivity contribution in [3.05, 3.63) is 103 Å². The van der Waals surface area contributed by atoms with Crippen LogP contribution in [0.2, 0.25) is 0 Å². The maximum Gasteiger partial charge on any atom is 0.407 e. The average molecular weight is 551 g/mol. The van der Waals surface area contributed by atoms with E-state index >= 15 is 0 Å². The number of aromatic nitrogens is 4. The number of hydrogen-bond acceptors (Lipinski definition) is 9. The molecule has 208 valence electrons. The van der Waals surface area contributed by atoms with Crippen molar-refractivity contribution < 1.29 is 14.3 Å². The van der Waals surface area contributed by atoms with Gasteiger partial charge in [0.15, 0.2) is 5.82 Å². The molecule has 2 heterocycles. The van der Waals surface area contributed by atoms with E-state index < -0.39 is 23.6 Å². The van der Waals surface area contributed by atoms with Gasteiger partial charge in [-0.1, -0.05) is 54.6 Å². The van der Waals surface area contributed by atoms with E-state index in [1.165, 1.54) is 6.20 Å². The van der Waals surface area contributed by atoms with Gasteiger partial charge < -0.3 is 26.4 Å². The Kier molecular flexibility index (Phi) is 7.86. The van der Waals surface area contributed by atoms with Crippen LogP contribution >= 0.6 is 0 Å². The summed E-state index contributed by atoms with van der Waals surface area (Å²) in [6.45, 7) is 6.15. The predicted molar refractivity (Wildman–Crippen MR) is 155 cm³/mol. The number of nitrogens with two attached hydrogens (primary N) is 1. The Labute approximate surface area is 237 Å². The zero-order chi connectivity index (χ0) is 28.8. The molecule has 0 aliphatic heterocycles. The highest BCUT2D eigenvalue weighted by Crippen LogP contribution is 2.42. The lowest BCUT2D eigenvalue weighted by atomic mass is 9.99. The van der Waals surface area contributed by atoms with E-state index in [4.69, 9.17) is 10.5 Å². The molecule has 1 aliphatic carbocycles. The fourth-order valence-corrected chi connectivity index (χ4v) is 4.49. The summed E-state index contributed by atoms with van der Waals surface area (Å²) >= 11 is 0. The summed E-state index contributed by atoms with van der Waals surface area (Å²) in [6.07, 6.45) is 5.61. The molecule has 1 fully saturated rings. The molecular weight excluding hydrogens is 520 g/mol. The molecule has 4 aromatic rings. The quantitative estimate of drug-likeness (QED) is 0.196. The maximum absolute atomic E-state index is 12.7. The van der Waals surface area contributed by atoms with Gasteiger partial charge in [-0.3, -0.25) is 4.79 Å². The Hall–Kier alpha value is -5.32. The van der Waals surface area contributed by atoms with Gasteiger partial charge in [0, 0.05) is 29.8 Å². The van der Waals surface area contributed by atoms with Gasteiger partial charge in [-0.25, -0.2) is 19.7 Å². The van der Waals surface area contributed by atoms with Gasteiger partial charge in [-0.15, -0.1) is 0 Å². The van der Waals surface area contributed by atoms with Crippen LogP contribution < -0.4 is 21.7 Å². The molecule has 11 heteroatoms. The number of nitrogens with zero attached hydrogens (tertiary/aromatic N) is 4. The number of rotatable bonds is 11. The highest BCUT2D eigenvalue weighted by molar-refractivity contribution is 5.98. The maximum atomic E-state index is 12.7. The standard InChI is InChI=1S/C30H30N8O3/c1-19(2)24(30(12-13-30)38-29(40)41-18-20-8-4-3-5-9-20)36-28-34-17-23(25(31)39)27(37-28)35-22-11-6-10-21(16-22)26-32-14-7-15-33-26/h3-11,14-17,24H,1,12-13,18H2,2H3,(H2,31,39)(H,38,40)(H2,34,35,36,37)/t24-/m1/s1. The highest BCUT2D eigenvalue weighted by atomic mass is 16.5. The second-order valence-electron chi connectivity index (χ2n) is 9.86. The van der Waals surface area contributed by atoms with Crippen LogP contribution in [0, 0.1) is 0 Å². The summed E-state index contributed by atoms with van der Waals surface area (Å²) in [5.74, 6) is 0.338. The van der Waals surface area contributed by atoms with Crippen molar-refractivity contribution in [2.75, 3.05) is 10.6 Å². The Morgan fingerprint density at radius 2 is 1.80 bits per heavy atom. The van der Waals surface area contributed by atoms with Crippen LogP contribution in [0.5, 0.6) is 0 Å². The van der Waals surface area contributed by atoms with Crippen LogP contribution in [-0.2, 0) is 11.3 Å². The van der Waals surface area contributed by atoms with Gasteiger partial charge in [-0.05, 0) is 43.5 Å². The molecule has 11 nitrogen and oxygen atoms in total. The molecule has 1 saturated carbocycles.